The lowest BCUT2D eigenvalue weighted by molar-refractivity contribution is -0.676. The molecule has 152 valence electrons. The summed E-state index contributed by atoms with van der Waals surface area (Å²) < 4.78 is 3.46. The second-order valence-electron chi connectivity index (χ2n) is 7.53. The van der Waals surface area contributed by atoms with Crippen molar-refractivity contribution in [1.82, 2.24) is 19.7 Å². The van der Waals surface area contributed by atoms with Gasteiger partial charge in [0.25, 0.3) is 11.8 Å². The van der Waals surface area contributed by atoms with Crippen LogP contribution in [-0.2, 0) is 13.6 Å². The monoisotopic (exact) mass is 404 g/mol. The Bertz CT molecular complexity index is 1120. The van der Waals surface area contributed by atoms with Crippen molar-refractivity contribution in [3.8, 4) is 0 Å². The van der Waals surface area contributed by atoms with E-state index in [1.165, 1.54) is 16.4 Å². The Morgan fingerprint density at radius 3 is 2.73 bits per heavy atom. The third-order valence-electron chi connectivity index (χ3n) is 5.57. The first kappa shape index (κ1) is 18.3. The summed E-state index contributed by atoms with van der Waals surface area (Å²) in [5, 5.41) is 10.3. The predicted molar refractivity (Wildman–Crippen MR) is 109 cm³/mol. The van der Waals surface area contributed by atoms with Gasteiger partial charge in [-0.05, 0) is 12.0 Å². The Hall–Kier alpha value is -3.75. The number of carbonyl (C=O) groups excluding carboxylic acids is 2. The van der Waals surface area contributed by atoms with Crippen molar-refractivity contribution < 1.29 is 14.2 Å². The van der Waals surface area contributed by atoms with Gasteiger partial charge in [0.05, 0.1) is 18.0 Å². The topological polar surface area (TPSA) is 96.0 Å². The molecule has 0 aliphatic carbocycles. The average Bonchev–Trinajstić information content (AvgIpc) is 3.30. The lowest BCUT2D eigenvalue weighted by Gasteiger charge is -2.30. The molecule has 1 unspecified atom stereocenters. The fourth-order valence-electron chi connectivity index (χ4n) is 3.76. The molecule has 0 radical (unpaired) electrons. The number of likely N-dealkylation sites (tertiary alicyclic amines) is 1. The van der Waals surface area contributed by atoms with Gasteiger partial charge in [-0.15, -0.1) is 0 Å². The van der Waals surface area contributed by atoms with Crippen LogP contribution in [0.25, 0.3) is 0 Å². The van der Waals surface area contributed by atoms with Crippen molar-refractivity contribution in [3.05, 3.63) is 65.6 Å². The highest BCUT2D eigenvalue weighted by Crippen LogP contribution is 2.23. The minimum absolute atomic E-state index is 0.128. The Balaban J connectivity index is 1.33. The highest BCUT2D eigenvalue weighted by atomic mass is 16.2. The van der Waals surface area contributed by atoms with Crippen molar-refractivity contribution in [2.24, 2.45) is 7.05 Å². The zero-order valence-corrected chi connectivity index (χ0v) is 16.6. The molecule has 30 heavy (non-hydrogen) atoms. The van der Waals surface area contributed by atoms with Crippen LogP contribution < -0.4 is 15.2 Å². The van der Waals surface area contributed by atoms with Gasteiger partial charge in [0, 0.05) is 26.2 Å². The molecule has 9 heteroatoms. The quantitative estimate of drug-likeness (QED) is 0.641. The third kappa shape index (κ3) is 3.18. The maximum absolute atomic E-state index is 12.9. The Morgan fingerprint density at radius 1 is 1.20 bits per heavy atom. The Morgan fingerprint density at radius 2 is 2.00 bits per heavy atom. The highest BCUT2D eigenvalue weighted by molar-refractivity contribution is 6.11. The van der Waals surface area contributed by atoms with Crippen molar-refractivity contribution in [3.63, 3.8) is 0 Å². The SMILES string of the molecule is Cn1ncc(C(=O)Nc2cc[n+]3c(n2)NC(c2ccccc2)C3)c1C(=O)N1CCC1. The highest BCUT2D eigenvalue weighted by Gasteiger charge is 2.32. The maximum Gasteiger partial charge on any atom is 0.394 e. The number of hydrogen-bond donors (Lipinski definition) is 2. The van der Waals surface area contributed by atoms with E-state index in [-0.39, 0.29) is 17.5 Å². The molecular formula is C21H22N7O2+. The fourth-order valence-corrected chi connectivity index (χ4v) is 3.76. The molecule has 0 spiro atoms. The number of anilines is 2. The summed E-state index contributed by atoms with van der Waals surface area (Å²) in [6, 6.07) is 12.0. The number of amides is 2. The zero-order valence-electron chi connectivity index (χ0n) is 16.6. The predicted octanol–water partition coefficient (Wildman–Crippen LogP) is 1.37. The average molecular weight is 404 g/mol. The number of fused-ring (bicyclic) bond motifs is 1. The summed E-state index contributed by atoms with van der Waals surface area (Å²) in [4.78, 5) is 31.8. The van der Waals surface area contributed by atoms with E-state index in [1.807, 2.05) is 29.0 Å². The van der Waals surface area contributed by atoms with E-state index in [0.717, 1.165) is 13.0 Å². The van der Waals surface area contributed by atoms with Gasteiger partial charge in [0.1, 0.15) is 18.3 Å². The molecule has 3 aromatic rings. The third-order valence-corrected chi connectivity index (χ3v) is 5.57. The van der Waals surface area contributed by atoms with Crippen LogP contribution in [0.15, 0.2) is 48.8 Å². The lowest BCUT2D eigenvalue weighted by Crippen LogP contribution is -2.43. The summed E-state index contributed by atoms with van der Waals surface area (Å²) >= 11 is 0. The number of aryl methyl sites for hydroxylation is 1. The van der Waals surface area contributed by atoms with Crippen LogP contribution in [-0.4, -0.2) is 44.6 Å². The summed E-state index contributed by atoms with van der Waals surface area (Å²) in [7, 11) is 1.67. The van der Waals surface area contributed by atoms with E-state index < -0.39 is 5.91 Å². The summed E-state index contributed by atoms with van der Waals surface area (Å²) in [5.41, 5.74) is 1.72. The number of nitrogens with zero attached hydrogens (tertiary/aromatic N) is 5. The molecular weight excluding hydrogens is 382 g/mol. The Labute approximate surface area is 173 Å². The van der Waals surface area contributed by atoms with E-state index in [9.17, 15) is 9.59 Å². The van der Waals surface area contributed by atoms with Crippen molar-refractivity contribution >= 4 is 23.6 Å². The Kier molecular flexibility index (Phi) is 4.42. The number of carbonyl (C=O) groups is 2. The number of aromatic nitrogens is 4. The van der Waals surface area contributed by atoms with Gasteiger partial charge < -0.3 is 4.90 Å². The van der Waals surface area contributed by atoms with E-state index in [4.69, 9.17) is 0 Å². The molecule has 2 amide bonds. The smallest absolute Gasteiger partial charge is 0.337 e. The van der Waals surface area contributed by atoms with E-state index in [1.54, 1.807) is 18.0 Å². The second-order valence-corrected chi connectivity index (χ2v) is 7.53. The van der Waals surface area contributed by atoms with Crippen LogP contribution in [0.5, 0.6) is 0 Å². The molecule has 0 saturated carbocycles. The van der Waals surface area contributed by atoms with E-state index >= 15 is 0 Å². The largest absolute Gasteiger partial charge is 0.394 e. The van der Waals surface area contributed by atoms with Crippen molar-refractivity contribution in [2.75, 3.05) is 23.7 Å². The normalized spacial score (nSPS) is 17.1. The molecule has 1 saturated heterocycles. The minimum Gasteiger partial charge on any atom is -0.337 e. The van der Waals surface area contributed by atoms with Crippen LogP contribution in [0.3, 0.4) is 0 Å². The van der Waals surface area contributed by atoms with Gasteiger partial charge in [-0.3, -0.25) is 24.9 Å². The van der Waals surface area contributed by atoms with Gasteiger partial charge in [0.2, 0.25) is 5.82 Å². The van der Waals surface area contributed by atoms with Crippen LogP contribution >= 0.6 is 0 Å². The minimum atomic E-state index is -0.401. The van der Waals surface area contributed by atoms with Crippen LogP contribution in [0.4, 0.5) is 11.8 Å². The fraction of sp³-hybridized carbons (Fsp3) is 0.286. The van der Waals surface area contributed by atoms with Gasteiger partial charge >= 0.3 is 5.95 Å². The first-order chi connectivity index (χ1) is 14.6. The molecule has 2 aliphatic heterocycles. The molecule has 9 nitrogen and oxygen atoms in total. The molecule has 0 bridgehead atoms. The number of nitrogens with one attached hydrogen (secondary N) is 2. The number of hydrogen-bond acceptors (Lipinski definition) is 5. The molecule has 2 aromatic heterocycles. The van der Waals surface area contributed by atoms with E-state index in [0.29, 0.717) is 30.5 Å². The number of rotatable bonds is 4. The van der Waals surface area contributed by atoms with Gasteiger partial charge in [0.15, 0.2) is 0 Å². The molecule has 1 fully saturated rings. The first-order valence-electron chi connectivity index (χ1n) is 9.95. The maximum atomic E-state index is 12.9. The molecule has 2 aliphatic rings. The van der Waals surface area contributed by atoms with Crippen molar-refractivity contribution in [2.45, 2.75) is 19.0 Å². The first-order valence-corrected chi connectivity index (χ1v) is 9.95. The molecule has 2 N–H and O–H groups in total. The number of benzene rings is 1. The van der Waals surface area contributed by atoms with Gasteiger partial charge in [-0.1, -0.05) is 35.3 Å². The van der Waals surface area contributed by atoms with Crippen LogP contribution in [0.1, 0.15) is 38.9 Å². The summed E-state index contributed by atoms with van der Waals surface area (Å²) in [5.74, 6) is 0.529. The summed E-state index contributed by atoms with van der Waals surface area (Å²) in [6.07, 6.45) is 4.30. The second kappa shape index (κ2) is 7.25. The van der Waals surface area contributed by atoms with Crippen LogP contribution in [0, 0.1) is 0 Å². The molecule has 5 rings (SSSR count). The molecule has 1 aromatic carbocycles. The zero-order chi connectivity index (χ0) is 20.7. The standard InChI is InChI=1S/C21H21N7O2/c1-26-18(20(30)27-9-5-10-27)15(12-22-26)19(29)24-17-8-11-28-13-16(23-21(28)25-17)14-6-3-2-4-7-14/h2-4,6-8,11-12,16H,5,9-10,13H2,1H3,(H,23,24,25,29)/p+1. The van der Waals surface area contributed by atoms with E-state index in [2.05, 4.69) is 32.8 Å². The summed E-state index contributed by atoms with van der Waals surface area (Å²) in [6.45, 7) is 2.18. The molecule has 1 atom stereocenters. The van der Waals surface area contributed by atoms with Gasteiger partial charge in [-0.25, -0.2) is 4.57 Å². The van der Waals surface area contributed by atoms with Gasteiger partial charge in [-0.2, -0.15) is 5.10 Å². The molecule has 4 heterocycles. The van der Waals surface area contributed by atoms with Crippen molar-refractivity contribution in [1.29, 1.82) is 0 Å². The lowest BCUT2D eigenvalue weighted by atomic mass is 10.1. The van der Waals surface area contributed by atoms with Crippen LogP contribution in [0.2, 0.25) is 0 Å².